The van der Waals surface area contributed by atoms with Crippen LogP contribution in [0.4, 0.5) is 21.6 Å². The Balaban J connectivity index is 1.10. The fraction of sp³-hybridized carbons (Fsp3) is 0.0882. The average Bonchev–Trinajstić information content (AvgIpc) is 3.71. The molecule has 1 saturated carbocycles. The minimum atomic E-state index is -1.05. The number of azo groups is 1. The normalized spacial score (nSPS) is 15.1. The van der Waals surface area contributed by atoms with Gasteiger partial charge in [0.25, 0.3) is 5.91 Å². The minimum Gasteiger partial charge on any atom is -0.478 e. The number of rotatable bonds is 8. The summed E-state index contributed by atoms with van der Waals surface area (Å²) in [4.78, 5) is 46.3. The molecule has 228 valence electrons. The number of nitrogens with zero attached hydrogens (tertiary/aromatic N) is 4. The number of hydrogen-bond donors (Lipinski definition) is 3. The van der Waals surface area contributed by atoms with Gasteiger partial charge in [0.2, 0.25) is 0 Å². The summed E-state index contributed by atoms with van der Waals surface area (Å²) in [6.07, 6.45) is 5.93. The molecule has 1 aliphatic rings. The van der Waals surface area contributed by atoms with Crippen LogP contribution in [0.15, 0.2) is 105 Å². The molecule has 0 radical (unpaired) electrons. The predicted molar refractivity (Wildman–Crippen MR) is 181 cm³/mol. The van der Waals surface area contributed by atoms with Crippen LogP contribution < -0.4 is 11.1 Å². The lowest BCUT2D eigenvalue weighted by Crippen LogP contribution is -2.12. The van der Waals surface area contributed by atoms with Crippen LogP contribution in [0.2, 0.25) is 0 Å². The number of amides is 1. The molecular weight excluding hydrogens is 621 g/mol. The molecule has 0 atom stereocenters. The molecule has 1 fully saturated rings. The molecule has 0 bridgehead atoms. The highest BCUT2D eigenvalue weighted by Gasteiger charge is 2.21. The van der Waals surface area contributed by atoms with Gasteiger partial charge < -0.3 is 10.8 Å². The van der Waals surface area contributed by atoms with Crippen molar-refractivity contribution in [3.8, 4) is 11.3 Å². The van der Waals surface area contributed by atoms with E-state index in [0.717, 1.165) is 28.8 Å². The zero-order valence-corrected chi connectivity index (χ0v) is 25.8. The van der Waals surface area contributed by atoms with Crippen LogP contribution in [0.3, 0.4) is 0 Å². The van der Waals surface area contributed by atoms with Crippen LogP contribution in [0.25, 0.3) is 23.4 Å². The van der Waals surface area contributed by atoms with Crippen LogP contribution in [0, 0.1) is 0 Å². The number of thiazole rings is 2. The summed E-state index contributed by atoms with van der Waals surface area (Å²) in [5.41, 5.74) is 11.8. The van der Waals surface area contributed by atoms with Gasteiger partial charge in [0.1, 0.15) is 0 Å². The van der Waals surface area contributed by atoms with E-state index in [9.17, 15) is 14.4 Å². The van der Waals surface area contributed by atoms with Gasteiger partial charge in [-0.05, 0) is 73.4 Å². The Morgan fingerprint density at radius 2 is 1.52 bits per heavy atom. The third-order valence-corrected chi connectivity index (χ3v) is 8.54. The van der Waals surface area contributed by atoms with Crippen molar-refractivity contribution >= 4 is 74.1 Å². The molecule has 0 spiro atoms. The minimum absolute atomic E-state index is 0.00172. The van der Waals surface area contributed by atoms with Crippen molar-refractivity contribution in [1.29, 1.82) is 0 Å². The fourth-order valence-electron chi connectivity index (χ4n) is 4.83. The Bertz CT molecular complexity index is 2040. The van der Waals surface area contributed by atoms with Crippen LogP contribution in [0.5, 0.6) is 0 Å². The van der Waals surface area contributed by atoms with Gasteiger partial charge in [0.05, 0.1) is 28.3 Å². The zero-order valence-electron chi connectivity index (χ0n) is 24.2. The van der Waals surface area contributed by atoms with Crippen molar-refractivity contribution in [2.45, 2.75) is 19.3 Å². The summed E-state index contributed by atoms with van der Waals surface area (Å²) >= 11 is 2.66. The topological polar surface area (TPSA) is 160 Å². The van der Waals surface area contributed by atoms with E-state index < -0.39 is 5.97 Å². The maximum absolute atomic E-state index is 13.3. The van der Waals surface area contributed by atoms with Crippen LogP contribution in [-0.2, 0) is 4.79 Å². The van der Waals surface area contributed by atoms with Crippen molar-refractivity contribution in [1.82, 2.24) is 9.97 Å². The number of ketones is 1. The van der Waals surface area contributed by atoms with E-state index in [2.05, 4.69) is 25.5 Å². The number of anilines is 2. The number of allylic oxidation sites excluding steroid dienone is 2. The van der Waals surface area contributed by atoms with E-state index in [1.54, 1.807) is 47.9 Å². The molecule has 3 aromatic carbocycles. The second-order valence-electron chi connectivity index (χ2n) is 10.4. The molecule has 2 heterocycles. The lowest BCUT2D eigenvalue weighted by molar-refractivity contribution is -0.112. The molecule has 12 heteroatoms. The number of carbonyl (C=O) groups excluding carboxylic acids is 2. The molecule has 0 aliphatic heterocycles. The van der Waals surface area contributed by atoms with Gasteiger partial charge in [-0.25, -0.2) is 14.8 Å². The van der Waals surface area contributed by atoms with E-state index in [1.807, 2.05) is 35.7 Å². The molecule has 46 heavy (non-hydrogen) atoms. The predicted octanol–water partition coefficient (Wildman–Crippen LogP) is 8.43. The largest absolute Gasteiger partial charge is 0.478 e. The number of carboxylic acids is 1. The lowest BCUT2D eigenvalue weighted by atomic mass is 9.87. The summed E-state index contributed by atoms with van der Waals surface area (Å²) in [6, 6.07) is 20.6. The summed E-state index contributed by atoms with van der Waals surface area (Å²) in [6.45, 7) is 0. The highest BCUT2D eigenvalue weighted by atomic mass is 32.1. The second kappa shape index (κ2) is 13.6. The third-order valence-electron chi connectivity index (χ3n) is 7.09. The molecule has 0 unspecified atom stereocenters. The first-order valence-electron chi connectivity index (χ1n) is 14.2. The monoisotopic (exact) mass is 646 g/mol. The molecule has 10 nitrogen and oxygen atoms in total. The number of aromatic carboxylic acids is 1. The molecule has 1 amide bonds. The molecule has 5 aromatic rings. The van der Waals surface area contributed by atoms with Crippen LogP contribution in [0.1, 0.15) is 51.2 Å². The number of carbonyl (C=O) groups is 3. The number of Topliss-reactive ketones (excluding diaryl/α,β-unsaturated/α-hetero) is 1. The van der Waals surface area contributed by atoms with E-state index in [4.69, 9.17) is 10.8 Å². The van der Waals surface area contributed by atoms with E-state index in [0.29, 0.717) is 51.3 Å². The molecule has 1 aliphatic carbocycles. The number of nitrogens with one attached hydrogen (secondary N) is 1. The smallest absolute Gasteiger partial charge is 0.335 e. The summed E-state index contributed by atoms with van der Waals surface area (Å²) in [5, 5.41) is 24.8. The molecular formula is C34H26N6O4S2. The van der Waals surface area contributed by atoms with Crippen molar-refractivity contribution in [3.05, 3.63) is 117 Å². The van der Waals surface area contributed by atoms with Gasteiger partial charge >= 0.3 is 5.97 Å². The average molecular weight is 647 g/mol. The van der Waals surface area contributed by atoms with Gasteiger partial charge in [-0.3, -0.25) is 14.9 Å². The van der Waals surface area contributed by atoms with Crippen molar-refractivity contribution < 1.29 is 19.5 Å². The maximum Gasteiger partial charge on any atom is 0.335 e. The summed E-state index contributed by atoms with van der Waals surface area (Å²) in [5.74, 6) is -1.43. The van der Waals surface area contributed by atoms with Gasteiger partial charge in [-0.1, -0.05) is 36.4 Å². The van der Waals surface area contributed by atoms with E-state index >= 15 is 0 Å². The summed E-state index contributed by atoms with van der Waals surface area (Å²) < 4.78 is 0. The van der Waals surface area contributed by atoms with Crippen molar-refractivity contribution in [3.63, 3.8) is 0 Å². The standard InChI is InChI=1S/C34H26N6O4S2/c35-33-37-29(19-45-33)21-12-10-20(11-13-21)14-22-4-1-5-23(30(22)41)15-28-18-46-34(36-28)38-31(42)24-6-2-8-26(16-24)39-40-27-9-3-7-25(17-27)32(43)44/h2-3,6-19H,1,4-5H2,(H2,35,37)(H,43,44)(H,36,38,42)/b22-14-,23-15+,40-39?. The number of nitrogen functional groups attached to an aromatic ring is 1. The Kier molecular flexibility index (Phi) is 8.99. The van der Waals surface area contributed by atoms with E-state index in [-0.39, 0.29) is 17.3 Å². The number of carboxylic acid groups (broad SMARTS) is 1. The van der Waals surface area contributed by atoms with Gasteiger partial charge in [0, 0.05) is 33.0 Å². The Labute approximate surface area is 271 Å². The highest BCUT2D eigenvalue weighted by Crippen LogP contribution is 2.30. The van der Waals surface area contributed by atoms with Crippen LogP contribution >= 0.6 is 22.7 Å². The highest BCUT2D eigenvalue weighted by molar-refractivity contribution is 7.14. The number of aromatic nitrogens is 2. The number of benzene rings is 3. The van der Waals surface area contributed by atoms with E-state index in [1.165, 1.54) is 34.8 Å². The Hall–Kier alpha value is -5.59. The molecule has 6 rings (SSSR count). The second-order valence-corrected chi connectivity index (χ2v) is 12.1. The first-order chi connectivity index (χ1) is 22.3. The van der Waals surface area contributed by atoms with Gasteiger partial charge in [-0.15, -0.1) is 22.7 Å². The Morgan fingerprint density at radius 1 is 0.848 bits per heavy atom. The van der Waals surface area contributed by atoms with Crippen LogP contribution in [-0.4, -0.2) is 32.7 Å². The molecule has 4 N–H and O–H groups in total. The zero-order chi connectivity index (χ0) is 32.0. The first-order valence-corrected chi connectivity index (χ1v) is 16.0. The summed E-state index contributed by atoms with van der Waals surface area (Å²) in [7, 11) is 0. The lowest BCUT2D eigenvalue weighted by Gasteiger charge is -2.16. The Morgan fingerprint density at radius 3 is 2.20 bits per heavy atom. The number of nitrogens with two attached hydrogens (primary N) is 1. The van der Waals surface area contributed by atoms with Crippen molar-refractivity contribution in [2.75, 3.05) is 11.1 Å². The quantitative estimate of drug-likeness (QED) is 0.113. The molecule has 0 saturated heterocycles. The van der Waals surface area contributed by atoms with Gasteiger partial charge in [-0.2, -0.15) is 10.2 Å². The third kappa shape index (κ3) is 7.37. The molecule has 2 aromatic heterocycles. The first kappa shape index (κ1) is 30.4. The van der Waals surface area contributed by atoms with Crippen molar-refractivity contribution in [2.24, 2.45) is 10.2 Å². The van der Waals surface area contributed by atoms with Gasteiger partial charge in [0.15, 0.2) is 16.0 Å². The maximum atomic E-state index is 13.3. The SMILES string of the molecule is Nc1nc(-c2ccc(/C=C3/CCC/C(=C\c4csc(NC(=O)c5cccc(N=Nc6cccc(C(=O)O)c6)c5)n4)C3=O)cc2)cs1. The number of hydrogen-bond acceptors (Lipinski definition) is 10. The fourth-order valence-corrected chi connectivity index (χ4v) is 6.07.